The quantitative estimate of drug-likeness (QED) is 0.717. The number of hydrogen-bond acceptors (Lipinski definition) is 4. The molecule has 1 saturated carbocycles. The van der Waals surface area contributed by atoms with Crippen molar-refractivity contribution in [2.45, 2.75) is 55.0 Å². The fourth-order valence-corrected chi connectivity index (χ4v) is 5.64. The largest absolute Gasteiger partial charge is 0.240 e. The Kier molecular flexibility index (Phi) is 6.54. The molecule has 0 aromatic heterocycles. The van der Waals surface area contributed by atoms with Crippen molar-refractivity contribution in [2.75, 3.05) is 0 Å². The summed E-state index contributed by atoms with van der Waals surface area (Å²) < 4.78 is 55.3. The molecule has 0 spiro atoms. The van der Waals surface area contributed by atoms with Crippen LogP contribution in [0.4, 0.5) is 0 Å². The molecule has 6 nitrogen and oxygen atoms in total. The van der Waals surface area contributed by atoms with Gasteiger partial charge in [-0.05, 0) is 61.4 Å². The minimum Gasteiger partial charge on any atom is -0.208 e. The number of rotatable bonds is 7. The van der Waals surface area contributed by atoms with Crippen LogP contribution in [0.2, 0.25) is 0 Å². The molecule has 1 aliphatic rings. The first-order valence-corrected chi connectivity index (χ1v) is 12.4. The molecular weight excluding hydrogens is 396 g/mol. The van der Waals surface area contributed by atoms with Gasteiger partial charge in [-0.15, -0.1) is 0 Å². The Balaban J connectivity index is 1.66. The standard InChI is InChI=1S/C20H26N2O4S2/c1-16-7-9-18(10-8-16)22-28(25,26)20-13-11-19(12-14-20)27(23,24)21-15-17-5-3-2-4-6-17/h2-6,11-14,16,18,21-22H,7-10,15H2,1H3. The fraction of sp³-hybridized carbons (Fsp3) is 0.400. The summed E-state index contributed by atoms with van der Waals surface area (Å²) >= 11 is 0. The normalized spacial score (nSPS) is 20.8. The van der Waals surface area contributed by atoms with Crippen molar-refractivity contribution >= 4 is 20.0 Å². The third-order valence-electron chi connectivity index (χ3n) is 5.09. The van der Waals surface area contributed by atoms with Gasteiger partial charge in [0.15, 0.2) is 0 Å². The van der Waals surface area contributed by atoms with Crippen LogP contribution in [0.25, 0.3) is 0 Å². The molecule has 1 fully saturated rings. The van der Waals surface area contributed by atoms with Crippen molar-refractivity contribution in [1.82, 2.24) is 9.44 Å². The second-order valence-corrected chi connectivity index (χ2v) is 10.8. The van der Waals surface area contributed by atoms with E-state index in [-0.39, 0.29) is 22.4 Å². The van der Waals surface area contributed by atoms with E-state index in [4.69, 9.17) is 0 Å². The average molecular weight is 423 g/mol. The molecule has 0 radical (unpaired) electrons. The molecule has 2 aromatic carbocycles. The predicted molar refractivity (Wildman–Crippen MR) is 109 cm³/mol. The van der Waals surface area contributed by atoms with Gasteiger partial charge in [-0.3, -0.25) is 0 Å². The third kappa shape index (κ3) is 5.41. The molecule has 0 heterocycles. The van der Waals surface area contributed by atoms with Crippen LogP contribution in [0.1, 0.15) is 38.2 Å². The first kappa shape index (κ1) is 21.0. The lowest BCUT2D eigenvalue weighted by Gasteiger charge is -2.26. The predicted octanol–water partition coefficient (Wildman–Crippen LogP) is 3.02. The zero-order valence-corrected chi connectivity index (χ0v) is 17.5. The van der Waals surface area contributed by atoms with E-state index in [1.165, 1.54) is 24.3 Å². The number of benzene rings is 2. The SMILES string of the molecule is CC1CCC(NS(=O)(=O)c2ccc(S(=O)(=O)NCc3ccccc3)cc2)CC1. The van der Waals surface area contributed by atoms with Crippen LogP contribution in [-0.4, -0.2) is 22.9 Å². The van der Waals surface area contributed by atoms with Crippen molar-refractivity contribution in [2.24, 2.45) is 5.92 Å². The lowest BCUT2D eigenvalue weighted by atomic mass is 9.88. The molecular formula is C20H26N2O4S2. The van der Waals surface area contributed by atoms with Gasteiger partial charge in [0.25, 0.3) is 0 Å². The molecule has 3 rings (SSSR count). The zero-order chi connectivity index (χ0) is 20.2. The van der Waals surface area contributed by atoms with Crippen LogP contribution in [-0.2, 0) is 26.6 Å². The van der Waals surface area contributed by atoms with Crippen LogP contribution < -0.4 is 9.44 Å². The molecule has 0 aliphatic heterocycles. The van der Waals surface area contributed by atoms with Gasteiger partial charge in [-0.25, -0.2) is 26.3 Å². The zero-order valence-electron chi connectivity index (χ0n) is 15.8. The van der Waals surface area contributed by atoms with Crippen molar-refractivity contribution in [3.05, 3.63) is 60.2 Å². The summed E-state index contributed by atoms with van der Waals surface area (Å²) in [5, 5.41) is 0. The highest BCUT2D eigenvalue weighted by molar-refractivity contribution is 7.90. The van der Waals surface area contributed by atoms with E-state index in [0.29, 0.717) is 5.92 Å². The Morgan fingerprint density at radius 3 is 1.89 bits per heavy atom. The summed E-state index contributed by atoms with van der Waals surface area (Å²) in [7, 11) is -7.38. The maximum atomic E-state index is 12.6. The van der Waals surface area contributed by atoms with E-state index < -0.39 is 20.0 Å². The second-order valence-electron chi connectivity index (χ2n) is 7.36. The van der Waals surface area contributed by atoms with Crippen molar-refractivity contribution < 1.29 is 16.8 Å². The Bertz CT molecular complexity index is 980. The first-order chi connectivity index (χ1) is 13.3. The van der Waals surface area contributed by atoms with Gasteiger partial charge in [-0.2, -0.15) is 0 Å². The second kappa shape index (κ2) is 8.73. The molecule has 28 heavy (non-hydrogen) atoms. The Labute approximate surface area is 167 Å². The topological polar surface area (TPSA) is 92.3 Å². The van der Waals surface area contributed by atoms with Crippen molar-refractivity contribution in [3.63, 3.8) is 0 Å². The molecule has 0 bridgehead atoms. The van der Waals surface area contributed by atoms with Crippen LogP contribution in [0.15, 0.2) is 64.4 Å². The lowest BCUT2D eigenvalue weighted by molar-refractivity contribution is 0.332. The number of sulfonamides is 2. The van der Waals surface area contributed by atoms with E-state index in [0.717, 1.165) is 31.2 Å². The maximum absolute atomic E-state index is 12.6. The summed E-state index contributed by atoms with van der Waals surface area (Å²) in [4.78, 5) is 0.113. The van der Waals surface area contributed by atoms with Gasteiger partial charge in [0.05, 0.1) is 9.79 Å². The first-order valence-electron chi connectivity index (χ1n) is 9.42. The van der Waals surface area contributed by atoms with Crippen LogP contribution >= 0.6 is 0 Å². The molecule has 0 unspecified atom stereocenters. The molecule has 8 heteroatoms. The number of nitrogens with one attached hydrogen (secondary N) is 2. The van der Waals surface area contributed by atoms with Gasteiger partial charge in [0, 0.05) is 12.6 Å². The highest BCUT2D eigenvalue weighted by Crippen LogP contribution is 2.25. The van der Waals surface area contributed by atoms with Crippen LogP contribution in [0.5, 0.6) is 0 Å². The highest BCUT2D eigenvalue weighted by Gasteiger charge is 2.24. The average Bonchev–Trinajstić information content (AvgIpc) is 2.69. The van der Waals surface area contributed by atoms with Gasteiger partial charge in [0.1, 0.15) is 0 Å². The Morgan fingerprint density at radius 1 is 0.786 bits per heavy atom. The van der Waals surface area contributed by atoms with E-state index in [1.54, 1.807) is 0 Å². The smallest absolute Gasteiger partial charge is 0.208 e. The number of hydrogen-bond donors (Lipinski definition) is 2. The van der Waals surface area contributed by atoms with Crippen LogP contribution in [0, 0.1) is 5.92 Å². The van der Waals surface area contributed by atoms with Gasteiger partial charge in [-0.1, -0.05) is 37.3 Å². The van der Waals surface area contributed by atoms with E-state index in [9.17, 15) is 16.8 Å². The summed E-state index contributed by atoms with van der Waals surface area (Å²) in [6, 6.07) is 14.5. The van der Waals surface area contributed by atoms with Crippen LogP contribution in [0.3, 0.4) is 0 Å². The molecule has 2 N–H and O–H groups in total. The maximum Gasteiger partial charge on any atom is 0.240 e. The summed E-state index contributed by atoms with van der Waals surface area (Å²) in [6.45, 7) is 2.35. The highest BCUT2D eigenvalue weighted by atomic mass is 32.2. The van der Waals surface area contributed by atoms with Gasteiger partial charge in [0.2, 0.25) is 20.0 Å². The third-order valence-corrected chi connectivity index (χ3v) is 8.04. The molecule has 0 amide bonds. The van der Waals surface area contributed by atoms with E-state index in [2.05, 4.69) is 16.4 Å². The van der Waals surface area contributed by atoms with Gasteiger partial charge < -0.3 is 0 Å². The summed E-state index contributed by atoms with van der Waals surface area (Å²) in [5.41, 5.74) is 0.844. The molecule has 0 atom stereocenters. The Hall–Kier alpha value is -1.74. The molecule has 1 aliphatic carbocycles. The van der Waals surface area contributed by atoms with E-state index >= 15 is 0 Å². The van der Waals surface area contributed by atoms with Gasteiger partial charge >= 0.3 is 0 Å². The Morgan fingerprint density at radius 2 is 1.32 bits per heavy atom. The molecule has 152 valence electrons. The molecule has 2 aromatic rings. The lowest BCUT2D eigenvalue weighted by Crippen LogP contribution is -2.37. The summed E-state index contributed by atoms with van der Waals surface area (Å²) in [5.74, 6) is 0.633. The van der Waals surface area contributed by atoms with Crippen molar-refractivity contribution in [1.29, 1.82) is 0 Å². The minimum atomic E-state index is -3.72. The summed E-state index contributed by atoms with van der Waals surface area (Å²) in [6.07, 6.45) is 3.68. The minimum absolute atomic E-state index is 0.0360. The molecule has 0 saturated heterocycles. The fourth-order valence-electron chi connectivity index (χ4n) is 3.32. The monoisotopic (exact) mass is 422 g/mol. The van der Waals surface area contributed by atoms with Crippen molar-refractivity contribution in [3.8, 4) is 0 Å². The van der Waals surface area contributed by atoms with E-state index in [1.807, 2.05) is 30.3 Å².